The molecule has 1 N–H and O–H groups in total. The molecule has 2 atom stereocenters. The van der Waals surface area contributed by atoms with Crippen LogP contribution >= 0.6 is 0 Å². The highest BCUT2D eigenvalue weighted by molar-refractivity contribution is 4.84. The van der Waals surface area contributed by atoms with Crippen molar-refractivity contribution in [2.45, 2.75) is 58.9 Å². The van der Waals surface area contributed by atoms with Gasteiger partial charge in [0.05, 0.1) is 0 Å². The fourth-order valence-corrected chi connectivity index (χ4v) is 4.04. The minimum Gasteiger partial charge on any atom is -0.314 e. The van der Waals surface area contributed by atoms with Crippen LogP contribution in [0.15, 0.2) is 0 Å². The second-order valence-electron chi connectivity index (χ2n) is 7.58. The average molecular weight is 296 g/mol. The zero-order valence-electron chi connectivity index (χ0n) is 14.6. The molecule has 0 amide bonds. The standard InChI is InChI=1S/C18H37N3/c1-4-9-19-18-7-5-6-17(18)8-10-20-11-13-21(14-12-20)15-16(2)3/h16-19H,4-15H2,1-3H3. The molecule has 0 aromatic carbocycles. The van der Waals surface area contributed by atoms with Gasteiger partial charge in [0.1, 0.15) is 0 Å². The van der Waals surface area contributed by atoms with E-state index in [1.807, 2.05) is 0 Å². The number of hydrogen-bond donors (Lipinski definition) is 1. The maximum absolute atomic E-state index is 3.77. The van der Waals surface area contributed by atoms with Crippen LogP contribution in [0.1, 0.15) is 52.9 Å². The summed E-state index contributed by atoms with van der Waals surface area (Å²) in [6, 6.07) is 0.812. The quantitative estimate of drug-likeness (QED) is 0.743. The van der Waals surface area contributed by atoms with Crippen molar-refractivity contribution in [3.05, 3.63) is 0 Å². The number of nitrogens with zero attached hydrogens (tertiary/aromatic N) is 2. The van der Waals surface area contributed by atoms with Crippen LogP contribution in [0.4, 0.5) is 0 Å². The van der Waals surface area contributed by atoms with E-state index in [4.69, 9.17) is 0 Å². The molecule has 0 aromatic rings. The molecule has 0 bridgehead atoms. The summed E-state index contributed by atoms with van der Waals surface area (Å²) in [4.78, 5) is 5.34. The molecule has 1 saturated heterocycles. The summed E-state index contributed by atoms with van der Waals surface area (Å²) >= 11 is 0. The molecule has 3 heteroatoms. The van der Waals surface area contributed by atoms with Gasteiger partial charge in [0.15, 0.2) is 0 Å². The van der Waals surface area contributed by atoms with Gasteiger partial charge in [-0.15, -0.1) is 0 Å². The smallest absolute Gasteiger partial charge is 0.0110 e. The summed E-state index contributed by atoms with van der Waals surface area (Å²) < 4.78 is 0. The first-order valence-electron chi connectivity index (χ1n) is 9.37. The second kappa shape index (κ2) is 9.12. The minimum absolute atomic E-state index is 0.806. The highest BCUT2D eigenvalue weighted by Gasteiger charge is 2.27. The van der Waals surface area contributed by atoms with Gasteiger partial charge in [-0.2, -0.15) is 0 Å². The molecule has 2 fully saturated rings. The van der Waals surface area contributed by atoms with Gasteiger partial charge in [0.25, 0.3) is 0 Å². The molecule has 124 valence electrons. The number of rotatable bonds is 8. The second-order valence-corrected chi connectivity index (χ2v) is 7.58. The van der Waals surface area contributed by atoms with E-state index in [0.717, 1.165) is 17.9 Å². The summed E-state index contributed by atoms with van der Waals surface area (Å²) in [6.07, 6.45) is 6.97. The van der Waals surface area contributed by atoms with E-state index in [9.17, 15) is 0 Å². The third-order valence-electron chi connectivity index (χ3n) is 5.22. The molecule has 2 aliphatic rings. The van der Waals surface area contributed by atoms with Crippen LogP contribution in [0.5, 0.6) is 0 Å². The lowest BCUT2D eigenvalue weighted by Gasteiger charge is -2.36. The predicted molar refractivity (Wildman–Crippen MR) is 91.8 cm³/mol. The Labute approximate surface area is 132 Å². The monoisotopic (exact) mass is 295 g/mol. The van der Waals surface area contributed by atoms with Crippen molar-refractivity contribution < 1.29 is 0 Å². The third kappa shape index (κ3) is 5.88. The van der Waals surface area contributed by atoms with Crippen LogP contribution in [0.2, 0.25) is 0 Å². The Hall–Kier alpha value is -0.120. The molecule has 0 radical (unpaired) electrons. The normalized spacial score (nSPS) is 28.6. The molecule has 2 unspecified atom stereocenters. The zero-order valence-corrected chi connectivity index (χ0v) is 14.6. The Kier molecular flexibility index (Phi) is 7.48. The van der Waals surface area contributed by atoms with Gasteiger partial charge in [-0.3, -0.25) is 0 Å². The summed E-state index contributed by atoms with van der Waals surface area (Å²) in [6.45, 7) is 15.9. The van der Waals surface area contributed by atoms with E-state index in [-0.39, 0.29) is 0 Å². The van der Waals surface area contributed by atoms with E-state index in [1.165, 1.54) is 77.9 Å². The highest BCUT2D eigenvalue weighted by Crippen LogP contribution is 2.28. The van der Waals surface area contributed by atoms with Gasteiger partial charge in [-0.1, -0.05) is 27.2 Å². The maximum atomic E-state index is 3.77. The van der Waals surface area contributed by atoms with E-state index < -0.39 is 0 Å². The minimum atomic E-state index is 0.806. The van der Waals surface area contributed by atoms with Crippen molar-refractivity contribution in [1.29, 1.82) is 0 Å². The van der Waals surface area contributed by atoms with Crippen molar-refractivity contribution >= 4 is 0 Å². The summed E-state index contributed by atoms with van der Waals surface area (Å²) in [5.74, 6) is 1.74. The Bertz CT molecular complexity index is 272. The van der Waals surface area contributed by atoms with Crippen molar-refractivity contribution in [2.24, 2.45) is 11.8 Å². The summed E-state index contributed by atoms with van der Waals surface area (Å²) in [5.41, 5.74) is 0. The van der Waals surface area contributed by atoms with Gasteiger partial charge in [0.2, 0.25) is 0 Å². The van der Waals surface area contributed by atoms with Crippen LogP contribution in [-0.2, 0) is 0 Å². The molecular formula is C18H37N3. The average Bonchev–Trinajstić information content (AvgIpc) is 2.91. The third-order valence-corrected chi connectivity index (χ3v) is 5.22. The van der Waals surface area contributed by atoms with Gasteiger partial charge in [-0.25, -0.2) is 0 Å². The Morgan fingerprint density at radius 1 is 1.05 bits per heavy atom. The van der Waals surface area contributed by atoms with Crippen molar-refractivity contribution in [3.63, 3.8) is 0 Å². The van der Waals surface area contributed by atoms with Crippen LogP contribution in [0.25, 0.3) is 0 Å². The summed E-state index contributed by atoms with van der Waals surface area (Å²) in [5, 5.41) is 3.77. The Balaban J connectivity index is 1.62. The lowest BCUT2D eigenvalue weighted by Crippen LogP contribution is -2.48. The zero-order chi connectivity index (χ0) is 15.1. The van der Waals surface area contributed by atoms with Crippen molar-refractivity contribution in [2.75, 3.05) is 45.8 Å². The SMILES string of the molecule is CCCNC1CCCC1CCN1CCN(CC(C)C)CC1. The van der Waals surface area contributed by atoms with Gasteiger partial charge < -0.3 is 15.1 Å². The first kappa shape index (κ1) is 17.2. The van der Waals surface area contributed by atoms with Gasteiger partial charge >= 0.3 is 0 Å². The van der Waals surface area contributed by atoms with Gasteiger partial charge in [-0.05, 0) is 50.6 Å². The van der Waals surface area contributed by atoms with Crippen molar-refractivity contribution in [3.8, 4) is 0 Å². The number of hydrogen-bond acceptors (Lipinski definition) is 3. The molecule has 0 aromatic heterocycles. The Morgan fingerprint density at radius 3 is 2.43 bits per heavy atom. The fourth-order valence-electron chi connectivity index (χ4n) is 4.04. The molecular weight excluding hydrogens is 258 g/mol. The lowest BCUT2D eigenvalue weighted by atomic mass is 9.99. The molecule has 1 aliphatic carbocycles. The van der Waals surface area contributed by atoms with E-state index in [1.54, 1.807) is 0 Å². The van der Waals surface area contributed by atoms with Crippen LogP contribution in [0, 0.1) is 11.8 Å². The first-order valence-corrected chi connectivity index (χ1v) is 9.37. The predicted octanol–water partition coefficient (Wildman–Crippen LogP) is 2.82. The Morgan fingerprint density at radius 2 is 1.76 bits per heavy atom. The van der Waals surface area contributed by atoms with Crippen molar-refractivity contribution in [1.82, 2.24) is 15.1 Å². The van der Waals surface area contributed by atoms with E-state index >= 15 is 0 Å². The lowest BCUT2D eigenvalue weighted by molar-refractivity contribution is 0.116. The largest absolute Gasteiger partial charge is 0.314 e. The first-order chi connectivity index (χ1) is 10.2. The molecule has 0 spiro atoms. The maximum Gasteiger partial charge on any atom is 0.0110 e. The summed E-state index contributed by atoms with van der Waals surface area (Å²) in [7, 11) is 0. The number of piperazine rings is 1. The van der Waals surface area contributed by atoms with E-state index in [2.05, 4.69) is 35.9 Å². The van der Waals surface area contributed by atoms with Crippen LogP contribution < -0.4 is 5.32 Å². The molecule has 1 heterocycles. The number of nitrogens with one attached hydrogen (secondary N) is 1. The molecule has 21 heavy (non-hydrogen) atoms. The van der Waals surface area contributed by atoms with E-state index in [0.29, 0.717) is 0 Å². The molecule has 1 aliphatic heterocycles. The highest BCUT2D eigenvalue weighted by atomic mass is 15.3. The van der Waals surface area contributed by atoms with Crippen LogP contribution in [0.3, 0.4) is 0 Å². The fraction of sp³-hybridized carbons (Fsp3) is 1.00. The van der Waals surface area contributed by atoms with Crippen LogP contribution in [-0.4, -0.2) is 61.7 Å². The molecule has 2 rings (SSSR count). The molecule has 1 saturated carbocycles. The topological polar surface area (TPSA) is 18.5 Å². The van der Waals surface area contributed by atoms with Gasteiger partial charge in [0, 0.05) is 38.8 Å². The molecule has 3 nitrogen and oxygen atoms in total.